The van der Waals surface area contributed by atoms with Crippen molar-refractivity contribution in [3.05, 3.63) is 18.3 Å². The largest absolute Gasteiger partial charge is 0.385 e. The van der Waals surface area contributed by atoms with E-state index in [0.29, 0.717) is 0 Å². The van der Waals surface area contributed by atoms with Gasteiger partial charge in [-0.3, -0.25) is 0 Å². The summed E-state index contributed by atoms with van der Waals surface area (Å²) in [4.78, 5) is 0. The Hall–Kier alpha value is -0.920. The Kier molecular flexibility index (Phi) is 5.98. The summed E-state index contributed by atoms with van der Waals surface area (Å²) in [7, 11) is 0. The van der Waals surface area contributed by atoms with Gasteiger partial charge in [0.2, 0.25) is 0 Å². The SMILES string of the molecule is CCCCCCCCCn1cccc1N. The van der Waals surface area contributed by atoms with Crippen LogP contribution < -0.4 is 5.73 Å². The summed E-state index contributed by atoms with van der Waals surface area (Å²) in [5.41, 5.74) is 5.78. The van der Waals surface area contributed by atoms with E-state index >= 15 is 0 Å². The third kappa shape index (κ3) is 4.91. The molecule has 0 bridgehead atoms. The molecule has 1 aromatic rings. The number of nitrogens with zero attached hydrogens (tertiary/aromatic N) is 1. The summed E-state index contributed by atoms with van der Waals surface area (Å²) in [5, 5.41) is 0. The van der Waals surface area contributed by atoms with Gasteiger partial charge < -0.3 is 10.3 Å². The lowest BCUT2D eigenvalue weighted by molar-refractivity contribution is 0.553. The van der Waals surface area contributed by atoms with Crippen molar-refractivity contribution in [1.82, 2.24) is 4.57 Å². The molecule has 0 aliphatic rings. The molecule has 0 aliphatic carbocycles. The minimum absolute atomic E-state index is 0.890. The van der Waals surface area contributed by atoms with Crippen LogP contribution in [0.5, 0.6) is 0 Å². The molecule has 0 aromatic carbocycles. The third-order valence-corrected chi connectivity index (χ3v) is 2.87. The summed E-state index contributed by atoms with van der Waals surface area (Å²) in [5.74, 6) is 0.890. The number of hydrogen-bond acceptors (Lipinski definition) is 1. The van der Waals surface area contributed by atoms with E-state index in [9.17, 15) is 0 Å². The van der Waals surface area contributed by atoms with Crippen LogP contribution in [0.2, 0.25) is 0 Å². The van der Waals surface area contributed by atoms with Crippen molar-refractivity contribution in [3.63, 3.8) is 0 Å². The summed E-state index contributed by atoms with van der Waals surface area (Å²) in [6, 6.07) is 3.97. The van der Waals surface area contributed by atoms with Crippen molar-refractivity contribution in [1.29, 1.82) is 0 Å². The van der Waals surface area contributed by atoms with Crippen molar-refractivity contribution in [2.45, 2.75) is 58.4 Å². The Morgan fingerprint density at radius 3 is 2.33 bits per heavy atom. The van der Waals surface area contributed by atoms with Crippen LogP contribution in [0.4, 0.5) is 5.82 Å². The number of nitrogen functional groups attached to an aromatic ring is 1. The quantitative estimate of drug-likeness (QED) is 0.647. The molecule has 0 amide bonds. The second-order valence-electron chi connectivity index (χ2n) is 4.25. The molecule has 0 unspecified atom stereocenters. The molecular formula is C13H24N2. The molecule has 0 atom stereocenters. The van der Waals surface area contributed by atoms with Gasteiger partial charge in [0.05, 0.1) is 0 Å². The lowest BCUT2D eigenvalue weighted by Crippen LogP contribution is -2.01. The molecule has 2 heteroatoms. The van der Waals surface area contributed by atoms with Crippen LogP contribution in [0.3, 0.4) is 0 Å². The number of rotatable bonds is 8. The Morgan fingerprint density at radius 1 is 1.07 bits per heavy atom. The summed E-state index contributed by atoms with van der Waals surface area (Å²) in [6.45, 7) is 3.33. The molecule has 0 saturated heterocycles. The maximum atomic E-state index is 5.78. The van der Waals surface area contributed by atoms with Gasteiger partial charge in [-0.15, -0.1) is 0 Å². The predicted octanol–water partition coefficient (Wildman–Crippen LogP) is 3.82. The number of nitrogens with two attached hydrogens (primary N) is 1. The highest BCUT2D eigenvalue weighted by atomic mass is 15.0. The van der Waals surface area contributed by atoms with E-state index in [2.05, 4.69) is 17.7 Å². The Bertz CT molecular complexity index is 253. The first-order valence-electron chi connectivity index (χ1n) is 6.25. The average molecular weight is 208 g/mol. The molecule has 2 N–H and O–H groups in total. The van der Waals surface area contributed by atoms with Crippen molar-refractivity contribution in [3.8, 4) is 0 Å². The lowest BCUT2D eigenvalue weighted by atomic mass is 10.1. The number of hydrogen-bond donors (Lipinski definition) is 1. The van der Waals surface area contributed by atoms with E-state index in [4.69, 9.17) is 5.73 Å². The molecule has 86 valence electrons. The minimum atomic E-state index is 0.890. The molecule has 0 saturated carbocycles. The zero-order valence-electron chi connectivity index (χ0n) is 9.91. The van der Waals surface area contributed by atoms with Crippen molar-refractivity contribution in [2.75, 3.05) is 5.73 Å². The molecule has 0 aliphatic heterocycles. The smallest absolute Gasteiger partial charge is 0.103 e. The van der Waals surface area contributed by atoms with E-state index in [1.165, 1.54) is 44.9 Å². The van der Waals surface area contributed by atoms with Gasteiger partial charge in [-0.05, 0) is 18.6 Å². The number of aryl methyl sites for hydroxylation is 1. The molecule has 0 spiro atoms. The monoisotopic (exact) mass is 208 g/mol. The van der Waals surface area contributed by atoms with E-state index in [-0.39, 0.29) is 0 Å². The zero-order chi connectivity index (χ0) is 10.9. The van der Waals surface area contributed by atoms with Gasteiger partial charge in [-0.1, -0.05) is 45.4 Å². The van der Waals surface area contributed by atoms with Crippen LogP contribution in [-0.2, 0) is 6.54 Å². The van der Waals surface area contributed by atoms with E-state index < -0.39 is 0 Å². The van der Waals surface area contributed by atoms with E-state index in [0.717, 1.165) is 12.4 Å². The number of aromatic nitrogens is 1. The summed E-state index contributed by atoms with van der Waals surface area (Å²) < 4.78 is 2.13. The standard InChI is InChI=1S/C13H24N2/c1-2-3-4-5-6-7-8-11-15-12-9-10-13(15)14/h9-10,12H,2-8,11,14H2,1H3. The fraction of sp³-hybridized carbons (Fsp3) is 0.692. The van der Waals surface area contributed by atoms with Gasteiger partial charge in [0.1, 0.15) is 5.82 Å². The maximum absolute atomic E-state index is 5.78. The van der Waals surface area contributed by atoms with Crippen LogP contribution >= 0.6 is 0 Å². The van der Waals surface area contributed by atoms with Gasteiger partial charge in [0.25, 0.3) is 0 Å². The Morgan fingerprint density at radius 2 is 1.73 bits per heavy atom. The molecule has 0 fully saturated rings. The lowest BCUT2D eigenvalue weighted by Gasteiger charge is -2.05. The predicted molar refractivity (Wildman–Crippen MR) is 66.8 cm³/mol. The molecule has 1 rings (SSSR count). The first-order valence-corrected chi connectivity index (χ1v) is 6.25. The second kappa shape index (κ2) is 7.38. The molecule has 15 heavy (non-hydrogen) atoms. The third-order valence-electron chi connectivity index (χ3n) is 2.87. The van der Waals surface area contributed by atoms with Crippen LogP contribution in [-0.4, -0.2) is 4.57 Å². The Labute approximate surface area is 93.5 Å². The first kappa shape index (κ1) is 12.2. The number of unbranched alkanes of at least 4 members (excludes halogenated alkanes) is 6. The molecule has 1 aromatic heterocycles. The van der Waals surface area contributed by atoms with E-state index in [1.54, 1.807) is 0 Å². The highest BCUT2D eigenvalue weighted by Crippen LogP contribution is 2.10. The van der Waals surface area contributed by atoms with Crippen LogP contribution in [0.1, 0.15) is 51.9 Å². The van der Waals surface area contributed by atoms with Crippen LogP contribution in [0, 0.1) is 0 Å². The zero-order valence-corrected chi connectivity index (χ0v) is 9.91. The minimum Gasteiger partial charge on any atom is -0.385 e. The van der Waals surface area contributed by atoms with E-state index in [1.807, 2.05) is 12.1 Å². The topological polar surface area (TPSA) is 30.9 Å². The van der Waals surface area contributed by atoms with Gasteiger partial charge in [0.15, 0.2) is 0 Å². The Balaban J connectivity index is 1.96. The van der Waals surface area contributed by atoms with Gasteiger partial charge in [-0.2, -0.15) is 0 Å². The molecule has 2 nitrogen and oxygen atoms in total. The summed E-state index contributed by atoms with van der Waals surface area (Å²) >= 11 is 0. The normalized spacial score (nSPS) is 10.7. The van der Waals surface area contributed by atoms with Crippen molar-refractivity contribution in [2.24, 2.45) is 0 Å². The highest BCUT2D eigenvalue weighted by molar-refractivity contribution is 5.29. The van der Waals surface area contributed by atoms with Gasteiger partial charge in [-0.25, -0.2) is 0 Å². The second-order valence-corrected chi connectivity index (χ2v) is 4.25. The van der Waals surface area contributed by atoms with Crippen LogP contribution in [0.25, 0.3) is 0 Å². The molecule has 1 heterocycles. The van der Waals surface area contributed by atoms with Crippen LogP contribution in [0.15, 0.2) is 18.3 Å². The van der Waals surface area contributed by atoms with Crippen molar-refractivity contribution < 1.29 is 0 Å². The maximum Gasteiger partial charge on any atom is 0.103 e. The average Bonchev–Trinajstić information content (AvgIpc) is 2.63. The fourth-order valence-corrected chi connectivity index (χ4v) is 1.87. The summed E-state index contributed by atoms with van der Waals surface area (Å²) in [6.07, 6.45) is 11.6. The highest BCUT2D eigenvalue weighted by Gasteiger charge is 1.95. The van der Waals surface area contributed by atoms with Gasteiger partial charge >= 0.3 is 0 Å². The number of anilines is 1. The molecular weight excluding hydrogens is 184 g/mol. The fourth-order valence-electron chi connectivity index (χ4n) is 1.87. The molecule has 0 radical (unpaired) electrons. The van der Waals surface area contributed by atoms with Crippen molar-refractivity contribution >= 4 is 5.82 Å². The van der Waals surface area contributed by atoms with Gasteiger partial charge in [0, 0.05) is 12.7 Å². The first-order chi connectivity index (χ1) is 7.34.